The highest BCUT2D eigenvalue weighted by Crippen LogP contribution is 2.22. The minimum Gasteiger partial charge on any atom is -0.362 e. The van der Waals surface area contributed by atoms with Crippen LogP contribution in [0.4, 0.5) is 5.13 Å². The lowest BCUT2D eigenvalue weighted by molar-refractivity contribution is 0.636. The highest BCUT2D eigenvalue weighted by atomic mass is 32.1. The molecule has 0 aliphatic rings. The van der Waals surface area contributed by atoms with E-state index < -0.39 is 0 Å². The summed E-state index contributed by atoms with van der Waals surface area (Å²) in [6, 6.07) is 3.85. The molecule has 0 saturated heterocycles. The zero-order valence-corrected chi connectivity index (χ0v) is 12.4. The van der Waals surface area contributed by atoms with E-state index in [0.29, 0.717) is 5.56 Å². The Kier molecular flexibility index (Phi) is 4.37. The number of hydrogen-bond donors (Lipinski definition) is 1. The molecule has 4 nitrogen and oxygen atoms in total. The van der Waals surface area contributed by atoms with Crippen LogP contribution in [0.5, 0.6) is 0 Å². The van der Waals surface area contributed by atoms with E-state index in [1.165, 1.54) is 11.3 Å². The second-order valence-electron chi connectivity index (χ2n) is 4.41. The van der Waals surface area contributed by atoms with Gasteiger partial charge >= 0.3 is 0 Å². The molecule has 19 heavy (non-hydrogen) atoms. The second kappa shape index (κ2) is 6.02. The molecule has 0 saturated carbocycles. The molecule has 0 radical (unpaired) electrons. The first-order valence-corrected chi connectivity index (χ1v) is 7.45. The molecule has 2 rings (SSSR count). The number of rotatable bonds is 5. The minimum atomic E-state index is 0.0511. The van der Waals surface area contributed by atoms with E-state index in [9.17, 15) is 4.79 Å². The summed E-state index contributed by atoms with van der Waals surface area (Å²) in [7, 11) is 0. The molecule has 0 aromatic carbocycles. The van der Waals surface area contributed by atoms with Gasteiger partial charge in [0.2, 0.25) is 0 Å². The van der Waals surface area contributed by atoms with Crippen LogP contribution in [0.1, 0.15) is 26.0 Å². The predicted molar refractivity (Wildman–Crippen MR) is 81.0 cm³/mol. The quantitative estimate of drug-likeness (QED) is 0.913. The van der Waals surface area contributed by atoms with Crippen molar-refractivity contribution >= 4 is 16.5 Å². The summed E-state index contributed by atoms with van der Waals surface area (Å²) in [5, 5.41) is 5.96. The van der Waals surface area contributed by atoms with Crippen LogP contribution in [0.2, 0.25) is 0 Å². The summed E-state index contributed by atoms with van der Waals surface area (Å²) in [5.41, 5.74) is 2.49. The lowest BCUT2D eigenvalue weighted by Crippen LogP contribution is -2.23. The number of hydrogen-bond acceptors (Lipinski definition) is 4. The molecule has 0 spiro atoms. The minimum absolute atomic E-state index is 0.0511. The molecular weight excluding hydrogens is 258 g/mol. The smallest absolute Gasteiger partial charge is 0.260 e. The fourth-order valence-electron chi connectivity index (χ4n) is 2.00. The number of aryl methyl sites for hydroxylation is 1. The first-order valence-electron chi connectivity index (χ1n) is 6.57. The average molecular weight is 277 g/mol. The molecule has 0 aliphatic heterocycles. The molecule has 0 atom stereocenters. The number of pyridine rings is 1. The Balaban J connectivity index is 2.44. The Hall–Kier alpha value is -1.62. The first-order chi connectivity index (χ1) is 9.17. The van der Waals surface area contributed by atoms with E-state index in [1.54, 1.807) is 0 Å². The maximum absolute atomic E-state index is 12.5. The third-order valence-electron chi connectivity index (χ3n) is 2.95. The van der Waals surface area contributed by atoms with Gasteiger partial charge in [-0.15, -0.1) is 11.3 Å². The zero-order valence-electron chi connectivity index (χ0n) is 11.6. The van der Waals surface area contributed by atoms with Crippen molar-refractivity contribution in [2.24, 2.45) is 0 Å². The lowest BCUT2D eigenvalue weighted by atomic mass is 10.2. The molecule has 0 aliphatic carbocycles. The van der Waals surface area contributed by atoms with Crippen molar-refractivity contribution in [1.29, 1.82) is 0 Å². The molecule has 2 aromatic rings. The Morgan fingerprint density at radius 3 is 2.84 bits per heavy atom. The van der Waals surface area contributed by atoms with Crippen LogP contribution >= 0.6 is 11.3 Å². The lowest BCUT2D eigenvalue weighted by Gasteiger charge is -2.09. The predicted octanol–water partition coefficient (Wildman–Crippen LogP) is 3.12. The normalized spacial score (nSPS) is 10.7. The summed E-state index contributed by atoms with van der Waals surface area (Å²) in [6.45, 7) is 7.65. The van der Waals surface area contributed by atoms with Crippen LogP contribution in [0.15, 0.2) is 22.3 Å². The van der Waals surface area contributed by atoms with E-state index in [0.717, 1.165) is 36.0 Å². The molecule has 2 heterocycles. The summed E-state index contributed by atoms with van der Waals surface area (Å²) >= 11 is 1.53. The van der Waals surface area contributed by atoms with Gasteiger partial charge in [0.15, 0.2) is 5.13 Å². The monoisotopic (exact) mass is 277 g/mol. The first kappa shape index (κ1) is 13.8. The number of nitrogens with one attached hydrogen (secondary N) is 1. The van der Waals surface area contributed by atoms with Crippen LogP contribution in [-0.2, 0) is 6.54 Å². The maximum atomic E-state index is 12.5. The fourth-order valence-corrected chi connectivity index (χ4v) is 2.78. The van der Waals surface area contributed by atoms with Gasteiger partial charge in [-0.2, -0.15) is 0 Å². The highest BCUT2D eigenvalue weighted by molar-refractivity contribution is 7.14. The van der Waals surface area contributed by atoms with E-state index >= 15 is 0 Å². The van der Waals surface area contributed by atoms with Crippen molar-refractivity contribution in [1.82, 2.24) is 9.55 Å². The van der Waals surface area contributed by atoms with Crippen LogP contribution < -0.4 is 10.9 Å². The van der Waals surface area contributed by atoms with Gasteiger partial charge in [0.1, 0.15) is 0 Å². The number of thiazole rings is 1. The number of aromatic nitrogens is 2. The van der Waals surface area contributed by atoms with Crippen molar-refractivity contribution in [2.45, 2.75) is 33.7 Å². The molecular formula is C14H19N3OS. The van der Waals surface area contributed by atoms with Crippen molar-refractivity contribution in [2.75, 3.05) is 11.9 Å². The van der Waals surface area contributed by atoms with Crippen molar-refractivity contribution in [3.8, 4) is 11.3 Å². The summed E-state index contributed by atoms with van der Waals surface area (Å²) in [5.74, 6) is 0. The van der Waals surface area contributed by atoms with Crippen molar-refractivity contribution < 1.29 is 0 Å². The SMILES string of the molecule is CCCn1c(C)ccc(-c2csc(NCC)n2)c1=O. The van der Waals surface area contributed by atoms with E-state index in [4.69, 9.17) is 0 Å². The van der Waals surface area contributed by atoms with Crippen LogP contribution in [-0.4, -0.2) is 16.1 Å². The van der Waals surface area contributed by atoms with Crippen LogP contribution in [0.3, 0.4) is 0 Å². The maximum Gasteiger partial charge on any atom is 0.260 e. The molecule has 0 amide bonds. The Morgan fingerprint density at radius 1 is 1.37 bits per heavy atom. The Labute approximate surface area is 117 Å². The van der Waals surface area contributed by atoms with Gasteiger partial charge in [-0.3, -0.25) is 4.79 Å². The molecule has 102 valence electrons. The molecule has 1 N–H and O–H groups in total. The van der Waals surface area contributed by atoms with E-state index in [1.807, 2.05) is 35.9 Å². The summed E-state index contributed by atoms with van der Waals surface area (Å²) in [4.78, 5) is 16.9. The third kappa shape index (κ3) is 2.87. The Bertz CT molecular complexity index is 615. The summed E-state index contributed by atoms with van der Waals surface area (Å²) in [6.07, 6.45) is 0.948. The topological polar surface area (TPSA) is 46.9 Å². The largest absolute Gasteiger partial charge is 0.362 e. The van der Waals surface area contributed by atoms with Gasteiger partial charge in [-0.25, -0.2) is 4.98 Å². The van der Waals surface area contributed by atoms with Gasteiger partial charge in [-0.05, 0) is 32.4 Å². The van der Waals surface area contributed by atoms with Gasteiger partial charge in [0, 0.05) is 24.2 Å². The molecule has 0 fully saturated rings. The zero-order chi connectivity index (χ0) is 13.8. The molecule has 0 unspecified atom stereocenters. The van der Waals surface area contributed by atoms with Gasteiger partial charge in [0.25, 0.3) is 5.56 Å². The molecule has 0 bridgehead atoms. The average Bonchev–Trinajstić information content (AvgIpc) is 2.83. The Morgan fingerprint density at radius 2 is 2.16 bits per heavy atom. The van der Waals surface area contributed by atoms with Gasteiger partial charge in [0.05, 0.1) is 11.3 Å². The highest BCUT2D eigenvalue weighted by Gasteiger charge is 2.11. The molecule has 2 aromatic heterocycles. The standard InChI is InChI=1S/C14H19N3OS/c1-4-8-17-10(3)6-7-11(13(17)18)12-9-19-14(16-12)15-5-2/h6-7,9H,4-5,8H2,1-3H3,(H,15,16). The fraction of sp³-hybridized carbons (Fsp3) is 0.429. The second-order valence-corrected chi connectivity index (χ2v) is 5.27. The molecule has 5 heteroatoms. The third-order valence-corrected chi connectivity index (χ3v) is 3.75. The van der Waals surface area contributed by atoms with Gasteiger partial charge < -0.3 is 9.88 Å². The van der Waals surface area contributed by atoms with E-state index in [-0.39, 0.29) is 5.56 Å². The van der Waals surface area contributed by atoms with Gasteiger partial charge in [-0.1, -0.05) is 6.92 Å². The number of anilines is 1. The van der Waals surface area contributed by atoms with E-state index in [2.05, 4.69) is 17.2 Å². The van der Waals surface area contributed by atoms with Crippen molar-refractivity contribution in [3.63, 3.8) is 0 Å². The van der Waals surface area contributed by atoms with Crippen LogP contribution in [0, 0.1) is 6.92 Å². The number of nitrogens with zero attached hydrogens (tertiary/aromatic N) is 2. The summed E-state index contributed by atoms with van der Waals surface area (Å²) < 4.78 is 1.82. The van der Waals surface area contributed by atoms with Crippen molar-refractivity contribution in [3.05, 3.63) is 33.6 Å². The van der Waals surface area contributed by atoms with Crippen LogP contribution in [0.25, 0.3) is 11.3 Å².